The molecule has 28 heavy (non-hydrogen) atoms. The number of aliphatic imine (C=N–C) groups is 1. The Kier molecular flexibility index (Phi) is 9.43. The topological polar surface area (TPSA) is 43.8 Å². The maximum absolute atomic E-state index is 13.4. The predicted molar refractivity (Wildman–Crippen MR) is 127 cm³/mol. The standard InChI is InChI=1S/C20H28FN5S.HI/c1-3-22-19(25(2)14-16-7-6-8-17(21)13-16)23-10-9-18-15-27-20(24-18)26-11-4-5-12-26;/h6-8,13,15H,3-5,9-12,14H2,1-2H3,(H,22,23);1H. The third kappa shape index (κ3) is 6.58. The van der Waals surface area contributed by atoms with Crippen LogP contribution < -0.4 is 10.2 Å². The zero-order chi connectivity index (χ0) is 19.1. The Morgan fingerprint density at radius 1 is 1.36 bits per heavy atom. The average Bonchev–Trinajstić information content (AvgIpc) is 3.32. The maximum Gasteiger partial charge on any atom is 0.193 e. The molecule has 0 aliphatic carbocycles. The molecule has 1 aromatic carbocycles. The average molecular weight is 517 g/mol. The van der Waals surface area contributed by atoms with Gasteiger partial charge >= 0.3 is 0 Å². The molecular weight excluding hydrogens is 488 g/mol. The first-order chi connectivity index (χ1) is 13.2. The number of aromatic nitrogens is 1. The molecule has 5 nitrogen and oxygen atoms in total. The van der Waals surface area contributed by atoms with Crippen molar-refractivity contribution in [3.8, 4) is 0 Å². The van der Waals surface area contributed by atoms with Crippen LogP contribution in [0.25, 0.3) is 0 Å². The molecule has 1 aliphatic rings. The number of rotatable bonds is 7. The van der Waals surface area contributed by atoms with Crippen molar-refractivity contribution in [2.45, 2.75) is 32.7 Å². The molecular formula is C20H29FIN5S. The molecule has 1 aliphatic heterocycles. The van der Waals surface area contributed by atoms with E-state index in [9.17, 15) is 4.39 Å². The van der Waals surface area contributed by atoms with Crippen LogP contribution in [0.3, 0.4) is 0 Å². The second-order valence-electron chi connectivity index (χ2n) is 6.79. The first kappa shape index (κ1) is 22.9. The van der Waals surface area contributed by atoms with E-state index in [4.69, 9.17) is 9.98 Å². The molecule has 0 amide bonds. The number of guanidine groups is 1. The van der Waals surface area contributed by atoms with E-state index in [2.05, 4.69) is 15.6 Å². The lowest BCUT2D eigenvalue weighted by Crippen LogP contribution is -2.38. The summed E-state index contributed by atoms with van der Waals surface area (Å²) in [6, 6.07) is 6.70. The highest BCUT2D eigenvalue weighted by Crippen LogP contribution is 2.24. The summed E-state index contributed by atoms with van der Waals surface area (Å²) in [5.41, 5.74) is 2.03. The van der Waals surface area contributed by atoms with Crippen molar-refractivity contribution in [3.05, 3.63) is 46.7 Å². The van der Waals surface area contributed by atoms with Crippen molar-refractivity contribution in [3.63, 3.8) is 0 Å². The molecule has 1 N–H and O–H groups in total. The van der Waals surface area contributed by atoms with E-state index in [0.717, 1.165) is 48.4 Å². The van der Waals surface area contributed by atoms with Gasteiger partial charge in [-0.15, -0.1) is 35.3 Å². The van der Waals surface area contributed by atoms with Crippen LogP contribution in [-0.4, -0.2) is 49.1 Å². The van der Waals surface area contributed by atoms with Gasteiger partial charge in [0.05, 0.1) is 5.69 Å². The Labute approximate surface area is 188 Å². The van der Waals surface area contributed by atoms with E-state index in [1.54, 1.807) is 23.5 Å². The van der Waals surface area contributed by atoms with Crippen LogP contribution in [0.15, 0.2) is 34.6 Å². The summed E-state index contributed by atoms with van der Waals surface area (Å²) >= 11 is 1.73. The molecule has 1 aromatic heterocycles. The van der Waals surface area contributed by atoms with Gasteiger partial charge in [0.2, 0.25) is 0 Å². The number of nitrogens with zero attached hydrogens (tertiary/aromatic N) is 4. The maximum atomic E-state index is 13.4. The third-order valence-electron chi connectivity index (χ3n) is 4.55. The van der Waals surface area contributed by atoms with Crippen LogP contribution >= 0.6 is 35.3 Å². The van der Waals surface area contributed by atoms with Gasteiger partial charge in [-0.3, -0.25) is 4.99 Å². The highest BCUT2D eigenvalue weighted by molar-refractivity contribution is 14.0. The summed E-state index contributed by atoms with van der Waals surface area (Å²) in [6.07, 6.45) is 3.36. The van der Waals surface area contributed by atoms with Crippen molar-refractivity contribution >= 4 is 46.4 Å². The van der Waals surface area contributed by atoms with Gasteiger partial charge in [0.1, 0.15) is 5.82 Å². The first-order valence-electron chi connectivity index (χ1n) is 9.59. The zero-order valence-electron chi connectivity index (χ0n) is 16.5. The van der Waals surface area contributed by atoms with Gasteiger partial charge in [-0.25, -0.2) is 9.37 Å². The number of hydrogen-bond acceptors (Lipinski definition) is 4. The molecule has 8 heteroatoms. The summed E-state index contributed by atoms with van der Waals surface area (Å²) in [4.78, 5) is 13.9. The highest BCUT2D eigenvalue weighted by atomic mass is 127. The van der Waals surface area contributed by atoms with Gasteiger partial charge in [-0.1, -0.05) is 12.1 Å². The number of hydrogen-bond donors (Lipinski definition) is 1. The number of thiazole rings is 1. The number of anilines is 1. The van der Waals surface area contributed by atoms with Gasteiger partial charge < -0.3 is 15.1 Å². The minimum absolute atomic E-state index is 0. The summed E-state index contributed by atoms with van der Waals surface area (Å²) in [6.45, 7) is 6.38. The molecule has 0 bridgehead atoms. The van der Waals surface area contributed by atoms with Crippen LogP contribution in [0.4, 0.5) is 9.52 Å². The number of halogens is 2. The smallest absolute Gasteiger partial charge is 0.193 e. The lowest BCUT2D eigenvalue weighted by Gasteiger charge is -2.22. The summed E-state index contributed by atoms with van der Waals surface area (Å²) in [5, 5.41) is 6.60. The Morgan fingerprint density at radius 3 is 2.86 bits per heavy atom. The van der Waals surface area contributed by atoms with Crippen LogP contribution in [0.2, 0.25) is 0 Å². The van der Waals surface area contributed by atoms with Crippen LogP contribution in [-0.2, 0) is 13.0 Å². The minimum atomic E-state index is -0.208. The molecule has 0 radical (unpaired) electrons. The van der Waals surface area contributed by atoms with E-state index >= 15 is 0 Å². The van der Waals surface area contributed by atoms with E-state index < -0.39 is 0 Å². The highest BCUT2D eigenvalue weighted by Gasteiger charge is 2.15. The molecule has 3 rings (SSSR count). The Bertz CT molecular complexity index is 761. The fraction of sp³-hybridized carbons (Fsp3) is 0.500. The van der Waals surface area contributed by atoms with Crippen molar-refractivity contribution in [2.24, 2.45) is 4.99 Å². The van der Waals surface area contributed by atoms with Crippen LogP contribution in [0.5, 0.6) is 0 Å². The van der Waals surface area contributed by atoms with Gasteiger partial charge in [0, 0.05) is 51.6 Å². The molecule has 2 heterocycles. The number of benzene rings is 1. The Balaban J connectivity index is 0.00000280. The molecule has 0 saturated carbocycles. The monoisotopic (exact) mass is 517 g/mol. The fourth-order valence-corrected chi connectivity index (χ4v) is 4.11. The Hall–Kier alpha value is -1.42. The van der Waals surface area contributed by atoms with Gasteiger partial charge in [0.15, 0.2) is 11.1 Å². The zero-order valence-corrected chi connectivity index (χ0v) is 19.7. The summed E-state index contributed by atoms with van der Waals surface area (Å²) in [5.74, 6) is 0.622. The lowest BCUT2D eigenvalue weighted by atomic mass is 10.2. The summed E-state index contributed by atoms with van der Waals surface area (Å²) < 4.78 is 13.4. The van der Waals surface area contributed by atoms with Crippen molar-refractivity contribution in [2.75, 3.05) is 38.1 Å². The van der Waals surface area contributed by atoms with Crippen LogP contribution in [0, 0.1) is 5.82 Å². The second kappa shape index (κ2) is 11.5. The van der Waals surface area contributed by atoms with E-state index in [-0.39, 0.29) is 29.8 Å². The quantitative estimate of drug-likeness (QED) is 0.341. The SMILES string of the molecule is CCNC(=NCCc1csc(N2CCCC2)n1)N(C)Cc1cccc(F)c1.I. The molecule has 0 spiro atoms. The van der Waals surface area contributed by atoms with Gasteiger partial charge in [-0.2, -0.15) is 0 Å². The van der Waals surface area contributed by atoms with E-state index in [1.165, 1.54) is 18.9 Å². The van der Waals surface area contributed by atoms with Crippen molar-refractivity contribution in [1.29, 1.82) is 0 Å². The van der Waals surface area contributed by atoms with Gasteiger partial charge in [-0.05, 0) is 37.5 Å². The van der Waals surface area contributed by atoms with Crippen molar-refractivity contribution in [1.82, 2.24) is 15.2 Å². The molecule has 0 atom stereocenters. The fourth-order valence-electron chi connectivity index (χ4n) is 3.19. The van der Waals surface area contributed by atoms with Crippen molar-refractivity contribution < 1.29 is 4.39 Å². The molecule has 1 saturated heterocycles. The van der Waals surface area contributed by atoms with E-state index in [1.807, 2.05) is 24.9 Å². The lowest BCUT2D eigenvalue weighted by molar-refractivity contribution is 0.475. The predicted octanol–water partition coefficient (Wildman–Crippen LogP) is 4.14. The largest absolute Gasteiger partial charge is 0.357 e. The third-order valence-corrected chi connectivity index (χ3v) is 5.50. The number of nitrogens with one attached hydrogen (secondary N) is 1. The summed E-state index contributed by atoms with van der Waals surface area (Å²) in [7, 11) is 1.97. The van der Waals surface area contributed by atoms with Gasteiger partial charge in [0.25, 0.3) is 0 Å². The second-order valence-corrected chi connectivity index (χ2v) is 7.62. The first-order valence-corrected chi connectivity index (χ1v) is 10.5. The molecule has 0 unspecified atom stereocenters. The molecule has 154 valence electrons. The Morgan fingerprint density at radius 2 is 2.14 bits per heavy atom. The molecule has 1 fully saturated rings. The van der Waals surface area contributed by atoms with Crippen LogP contribution in [0.1, 0.15) is 31.0 Å². The van der Waals surface area contributed by atoms with E-state index in [0.29, 0.717) is 13.1 Å². The molecule has 2 aromatic rings. The normalized spacial score (nSPS) is 14.1. The minimum Gasteiger partial charge on any atom is -0.357 e.